The maximum Gasteiger partial charge on any atom is 0.146 e. The fourth-order valence-electron chi connectivity index (χ4n) is 0.992. The molecular formula is C8H16N2O4S. The number of nitrogens with two attached hydrogens (primary N) is 2. The summed E-state index contributed by atoms with van der Waals surface area (Å²) in [6.45, 7) is 2.49. The highest BCUT2D eigenvalue weighted by Crippen LogP contribution is 2.22. The standard InChI is InChI=1S/C8H16N2O4S/c1-3(11)5(7(9)13)15-6(4(2)12)8(10)14/h5-8,13-14H,9-10H2,1-2H3. The zero-order valence-corrected chi connectivity index (χ0v) is 9.40. The van der Waals surface area contributed by atoms with Crippen LogP contribution < -0.4 is 11.5 Å². The predicted molar refractivity (Wildman–Crippen MR) is 56.9 cm³/mol. The summed E-state index contributed by atoms with van der Waals surface area (Å²) in [5.41, 5.74) is 10.3. The maximum absolute atomic E-state index is 11.1. The number of carbonyl (C=O) groups is 2. The number of ketones is 2. The van der Waals surface area contributed by atoms with Crippen LogP contribution in [0.2, 0.25) is 0 Å². The zero-order valence-electron chi connectivity index (χ0n) is 8.58. The van der Waals surface area contributed by atoms with Gasteiger partial charge in [-0.3, -0.25) is 9.59 Å². The van der Waals surface area contributed by atoms with Crippen LogP contribution in [-0.4, -0.2) is 44.7 Å². The van der Waals surface area contributed by atoms with Crippen LogP contribution in [0.4, 0.5) is 0 Å². The number of hydrogen-bond acceptors (Lipinski definition) is 7. The molecule has 0 saturated heterocycles. The Balaban J connectivity index is 4.62. The molecule has 0 aromatic carbocycles. The molecule has 0 aromatic rings. The first kappa shape index (κ1) is 14.5. The average Bonchev–Trinajstić information content (AvgIpc) is 2.01. The number of carbonyl (C=O) groups excluding carboxylic acids is 2. The number of aliphatic hydroxyl groups excluding tert-OH is 2. The summed E-state index contributed by atoms with van der Waals surface area (Å²) >= 11 is 0.773. The van der Waals surface area contributed by atoms with E-state index in [0.717, 1.165) is 11.8 Å². The minimum absolute atomic E-state index is 0.373. The Morgan fingerprint density at radius 3 is 1.40 bits per heavy atom. The molecule has 0 saturated carbocycles. The third-order valence-corrected chi connectivity index (χ3v) is 3.52. The molecule has 4 unspecified atom stereocenters. The Morgan fingerprint density at radius 2 is 1.27 bits per heavy atom. The molecule has 4 atom stereocenters. The van der Waals surface area contributed by atoms with Gasteiger partial charge in [-0.05, 0) is 13.8 Å². The van der Waals surface area contributed by atoms with Gasteiger partial charge < -0.3 is 21.7 Å². The third-order valence-electron chi connectivity index (χ3n) is 1.71. The van der Waals surface area contributed by atoms with E-state index in [0.29, 0.717) is 0 Å². The van der Waals surface area contributed by atoms with Crippen molar-refractivity contribution in [1.82, 2.24) is 0 Å². The SMILES string of the molecule is CC(=O)C(SC(C(C)=O)C(N)O)C(N)O. The van der Waals surface area contributed by atoms with E-state index in [-0.39, 0.29) is 11.6 Å². The van der Waals surface area contributed by atoms with Crippen molar-refractivity contribution in [3.63, 3.8) is 0 Å². The summed E-state index contributed by atoms with van der Waals surface area (Å²) in [5, 5.41) is 16.3. The number of aliphatic hydroxyl groups is 2. The van der Waals surface area contributed by atoms with Crippen LogP contribution in [0.3, 0.4) is 0 Å². The molecule has 88 valence electrons. The molecule has 7 heteroatoms. The van der Waals surface area contributed by atoms with E-state index in [1.807, 2.05) is 0 Å². The molecule has 0 aliphatic rings. The molecule has 0 radical (unpaired) electrons. The van der Waals surface area contributed by atoms with E-state index in [1.54, 1.807) is 0 Å². The predicted octanol–water partition coefficient (Wildman–Crippen LogP) is -1.81. The number of Topliss-reactive ketones (excluding diaryl/α,β-unsaturated/α-hetero) is 2. The van der Waals surface area contributed by atoms with Gasteiger partial charge in [-0.25, -0.2) is 0 Å². The molecule has 0 rings (SSSR count). The molecule has 0 aliphatic carbocycles. The summed E-state index contributed by atoms with van der Waals surface area (Å²) in [5.74, 6) is -0.746. The van der Waals surface area contributed by atoms with Gasteiger partial charge in [-0.15, -0.1) is 11.8 Å². The topological polar surface area (TPSA) is 127 Å². The minimum atomic E-state index is -1.38. The summed E-state index contributed by atoms with van der Waals surface area (Å²) in [6.07, 6.45) is -2.76. The van der Waals surface area contributed by atoms with E-state index in [2.05, 4.69) is 0 Å². The Kier molecular flexibility index (Phi) is 5.99. The van der Waals surface area contributed by atoms with Gasteiger partial charge in [0.1, 0.15) is 34.5 Å². The molecule has 0 fully saturated rings. The number of thioether (sulfide) groups is 1. The summed E-state index contributed by atoms with van der Waals surface area (Å²) in [7, 11) is 0. The third kappa shape index (κ3) is 4.72. The van der Waals surface area contributed by atoms with Gasteiger partial charge in [0.05, 0.1) is 0 Å². The summed E-state index contributed by atoms with van der Waals surface area (Å²) < 4.78 is 0. The molecule has 0 bridgehead atoms. The lowest BCUT2D eigenvalue weighted by atomic mass is 10.3. The molecule has 0 heterocycles. The second-order valence-corrected chi connectivity index (χ2v) is 4.47. The van der Waals surface area contributed by atoms with Gasteiger partial charge in [0.25, 0.3) is 0 Å². The summed E-state index contributed by atoms with van der Waals surface area (Å²) in [6, 6.07) is 0. The van der Waals surface area contributed by atoms with Crippen LogP contribution in [0.25, 0.3) is 0 Å². The van der Waals surface area contributed by atoms with Crippen LogP contribution in [-0.2, 0) is 9.59 Å². The number of hydrogen-bond donors (Lipinski definition) is 4. The molecular weight excluding hydrogens is 220 g/mol. The first-order valence-electron chi connectivity index (χ1n) is 4.31. The fraction of sp³-hybridized carbons (Fsp3) is 0.750. The van der Waals surface area contributed by atoms with Gasteiger partial charge in [0.15, 0.2) is 0 Å². The molecule has 6 N–H and O–H groups in total. The van der Waals surface area contributed by atoms with Crippen molar-refractivity contribution < 1.29 is 19.8 Å². The second-order valence-electron chi connectivity index (χ2n) is 3.18. The molecule has 6 nitrogen and oxygen atoms in total. The average molecular weight is 236 g/mol. The molecule has 0 spiro atoms. The first-order chi connectivity index (χ1) is 6.77. The maximum atomic E-state index is 11.1. The normalized spacial score (nSPS) is 19.1. The molecule has 0 aromatic heterocycles. The minimum Gasteiger partial charge on any atom is -0.377 e. The van der Waals surface area contributed by atoms with Gasteiger partial charge in [-0.2, -0.15) is 0 Å². The summed E-state index contributed by atoms with van der Waals surface area (Å²) in [4.78, 5) is 22.1. The van der Waals surface area contributed by atoms with Crippen molar-refractivity contribution in [3.05, 3.63) is 0 Å². The van der Waals surface area contributed by atoms with Crippen LogP contribution >= 0.6 is 11.8 Å². The highest BCUT2D eigenvalue weighted by molar-refractivity contribution is 8.02. The van der Waals surface area contributed by atoms with Crippen LogP contribution in [0.15, 0.2) is 0 Å². The Hall–Kier alpha value is -0.470. The Morgan fingerprint density at radius 1 is 1.00 bits per heavy atom. The van der Waals surface area contributed by atoms with Gasteiger partial charge in [0.2, 0.25) is 0 Å². The molecule has 0 aliphatic heterocycles. The van der Waals surface area contributed by atoms with Gasteiger partial charge in [0, 0.05) is 0 Å². The van der Waals surface area contributed by atoms with E-state index in [9.17, 15) is 9.59 Å². The van der Waals surface area contributed by atoms with E-state index < -0.39 is 23.0 Å². The number of rotatable bonds is 6. The van der Waals surface area contributed by atoms with E-state index in [1.165, 1.54) is 13.8 Å². The highest BCUT2D eigenvalue weighted by atomic mass is 32.2. The van der Waals surface area contributed by atoms with Gasteiger partial charge in [-0.1, -0.05) is 0 Å². The Bertz CT molecular complexity index is 221. The smallest absolute Gasteiger partial charge is 0.146 e. The van der Waals surface area contributed by atoms with Crippen molar-refractivity contribution in [2.75, 3.05) is 0 Å². The van der Waals surface area contributed by atoms with Crippen molar-refractivity contribution in [3.8, 4) is 0 Å². The van der Waals surface area contributed by atoms with Crippen LogP contribution in [0.1, 0.15) is 13.8 Å². The second kappa shape index (κ2) is 6.19. The lowest BCUT2D eigenvalue weighted by molar-refractivity contribution is -0.118. The van der Waals surface area contributed by atoms with Crippen molar-refractivity contribution in [2.45, 2.75) is 36.8 Å². The van der Waals surface area contributed by atoms with Crippen molar-refractivity contribution in [1.29, 1.82) is 0 Å². The quantitative estimate of drug-likeness (QED) is 0.400. The monoisotopic (exact) mass is 236 g/mol. The molecule has 15 heavy (non-hydrogen) atoms. The first-order valence-corrected chi connectivity index (χ1v) is 5.25. The van der Waals surface area contributed by atoms with Gasteiger partial charge >= 0.3 is 0 Å². The Labute approximate surface area is 92.0 Å². The van der Waals surface area contributed by atoms with E-state index in [4.69, 9.17) is 21.7 Å². The largest absolute Gasteiger partial charge is 0.377 e. The van der Waals surface area contributed by atoms with E-state index >= 15 is 0 Å². The lowest BCUT2D eigenvalue weighted by Gasteiger charge is -2.23. The van der Waals surface area contributed by atoms with Crippen LogP contribution in [0.5, 0.6) is 0 Å². The van der Waals surface area contributed by atoms with Crippen molar-refractivity contribution >= 4 is 23.3 Å². The fourth-order valence-corrected chi connectivity index (χ4v) is 2.01. The van der Waals surface area contributed by atoms with Crippen LogP contribution in [0, 0.1) is 0 Å². The molecule has 0 amide bonds. The highest BCUT2D eigenvalue weighted by Gasteiger charge is 2.30. The van der Waals surface area contributed by atoms with Crippen molar-refractivity contribution in [2.24, 2.45) is 11.5 Å². The lowest BCUT2D eigenvalue weighted by Crippen LogP contribution is -2.44. The zero-order chi connectivity index (χ0) is 12.2.